The monoisotopic (exact) mass is 332 g/mol. The standard InChI is InChI=1S/C15H21ClN2O2.ClH/c1-2-20-13-6-5-11(9-12(13)16)18-14(19)15(10-17)7-3-4-8-15;/h5-6,9H,2-4,7-8,10,17H2,1H3,(H,18,19);1H. The maximum absolute atomic E-state index is 12.4. The first-order valence-corrected chi connectivity index (χ1v) is 7.43. The molecule has 1 amide bonds. The number of nitrogens with one attached hydrogen (secondary N) is 1. The zero-order valence-corrected chi connectivity index (χ0v) is 13.7. The molecule has 0 saturated heterocycles. The summed E-state index contributed by atoms with van der Waals surface area (Å²) in [5, 5.41) is 3.42. The number of carbonyl (C=O) groups is 1. The van der Waals surface area contributed by atoms with Gasteiger partial charge >= 0.3 is 0 Å². The molecule has 1 aliphatic carbocycles. The highest BCUT2D eigenvalue weighted by Gasteiger charge is 2.39. The van der Waals surface area contributed by atoms with Gasteiger partial charge in [0.15, 0.2) is 0 Å². The summed E-state index contributed by atoms with van der Waals surface area (Å²) in [5.74, 6) is 0.624. The zero-order chi connectivity index (χ0) is 14.6. The minimum Gasteiger partial charge on any atom is -0.492 e. The van der Waals surface area contributed by atoms with Crippen molar-refractivity contribution in [3.8, 4) is 5.75 Å². The van der Waals surface area contributed by atoms with Crippen molar-refractivity contribution >= 4 is 35.6 Å². The zero-order valence-electron chi connectivity index (χ0n) is 12.2. The van der Waals surface area contributed by atoms with Gasteiger partial charge in [-0.05, 0) is 38.0 Å². The summed E-state index contributed by atoms with van der Waals surface area (Å²) in [6.07, 6.45) is 3.85. The third-order valence-electron chi connectivity index (χ3n) is 3.92. The molecule has 0 heterocycles. The fourth-order valence-corrected chi connectivity index (χ4v) is 2.93. The lowest BCUT2D eigenvalue weighted by Gasteiger charge is -2.25. The van der Waals surface area contributed by atoms with Crippen LogP contribution in [0, 0.1) is 5.41 Å². The second-order valence-corrected chi connectivity index (χ2v) is 5.63. The van der Waals surface area contributed by atoms with E-state index in [2.05, 4.69) is 5.32 Å². The Morgan fingerprint density at radius 3 is 2.62 bits per heavy atom. The molecule has 3 N–H and O–H groups in total. The van der Waals surface area contributed by atoms with Gasteiger partial charge in [-0.1, -0.05) is 24.4 Å². The highest BCUT2D eigenvalue weighted by molar-refractivity contribution is 6.32. The lowest BCUT2D eigenvalue weighted by molar-refractivity contribution is -0.124. The molecule has 0 atom stereocenters. The normalized spacial score (nSPS) is 16.1. The number of carbonyl (C=O) groups excluding carboxylic acids is 1. The average Bonchev–Trinajstić information content (AvgIpc) is 2.92. The fourth-order valence-electron chi connectivity index (χ4n) is 2.69. The van der Waals surface area contributed by atoms with Crippen molar-refractivity contribution < 1.29 is 9.53 Å². The van der Waals surface area contributed by atoms with Crippen LogP contribution in [0.5, 0.6) is 5.75 Å². The highest BCUT2D eigenvalue weighted by atomic mass is 35.5. The summed E-state index contributed by atoms with van der Waals surface area (Å²) in [6, 6.07) is 5.28. The third-order valence-corrected chi connectivity index (χ3v) is 4.22. The molecule has 2 rings (SSSR count). The van der Waals surface area contributed by atoms with Gasteiger partial charge in [-0.2, -0.15) is 0 Å². The van der Waals surface area contributed by atoms with Crippen LogP contribution in [-0.4, -0.2) is 19.1 Å². The molecule has 4 nitrogen and oxygen atoms in total. The summed E-state index contributed by atoms with van der Waals surface area (Å²) in [7, 11) is 0. The second kappa shape index (κ2) is 7.87. The Bertz CT molecular complexity index is 489. The fraction of sp³-hybridized carbons (Fsp3) is 0.533. The minimum absolute atomic E-state index is 0. The molecule has 0 radical (unpaired) electrons. The molecular formula is C15H22Cl2N2O2. The molecule has 0 aromatic heterocycles. The van der Waals surface area contributed by atoms with Crippen LogP contribution < -0.4 is 15.8 Å². The van der Waals surface area contributed by atoms with Crippen LogP contribution in [0.2, 0.25) is 5.02 Å². The molecule has 1 aliphatic rings. The Morgan fingerprint density at radius 2 is 2.10 bits per heavy atom. The number of amides is 1. The predicted molar refractivity (Wildman–Crippen MR) is 88.5 cm³/mol. The number of nitrogens with two attached hydrogens (primary N) is 1. The van der Waals surface area contributed by atoms with Gasteiger partial charge in [-0.25, -0.2) is 0 Å². The summed E-state index contributed by atoms with van der Waals surface area (Å²) < 4.78 is 5.37. The van der Waals surface area contributed by atoms with E-state index in [-0.39, 0.29) is 18.3 Å². The number of rotatable bonds is 5. The molecule has 1 fully saturated rings. The molecule has 1 saturated carbocycles. The summed E-state index contributed by atoms with van der Waals surface area (Å²) >= 11 is 6.12. The Labute approximate surface area is 136 Å². The number of hydrogen-bond acceptors (Lipinski definition) is 3. The van der Waals surface area contributed by atoms with Crippen LogP contribution in [-0.2, 0) is 4.79 Å². The van der Waals surface area contributed by atoms with E-state index >= 15 is 0 Å². The smallest absolute Gasteiger partial charge is 0.231 e. The van der Waals surface area contributed by atoms with Gasteiger partial charge in [0, 0.05) is 12.2 Å². The van der Waals surface area contributed by atoms with E-state index in [0.29, 0.717) is 29.6 Å². The topological polar surface area (TPSA) is 64.3 Å². The second-order valence-electron chi connectivity index (χ2n) is 5.22. The molecule has 0 aliphatic heterocycles. The van der Waals surface area contributed by atoms with Crippen molar-refractivity contribution in [1.82, 2.24) is 0 Å². The van der Waals surface area contributed by atoms with Gasteiger partial charge < -0.3 is 15.8 Å². The first-order valence-electron chi connectivity index (χ1n) is 7.05. The van der Waals surface area contributed by atoms with Gasteiger partial charge in [0.2, 0.25) is 5.91 Å². The predicted octanol–water partition coefficient (Wildman–Crippen LogP) is 3.62. The average molecular weight is 333 g/mol. The number of hydrogen-bond donors (Lipinski definition) is 2. The Balaban J connectivity index is 0.00000220. The molecule has 118 valence electrons. The van der Waals surface area contributed by atoms with E-state index in [1.807, 2.05) is 6.92 Å². The third kappa shape index (κ3) is 4.02. The number of halogens is 2. The van der Waals surface area contributed by atoms with Crippen molar-refractivity contribution in [1.29, 1.82) is 0 Å². The largest absolute Gasteiger partial charge is 0.492 e. The van der Waals surface area contributed by atoms with Crippen LogP contribution in [0.3, 0.4) is 0 Å². The first-order chi connectivity index (χ1) is 9.61. The van der Waals surface area contributed by atoms with E-state index in [1.54, 1.807) is 18.2 Å². The van der Waals surface area contributed by atoms with E-state index in [4.69, 9.17) is 22.1 Å². The summed E-state index contributed by atoms with van der Waals surface area (Å²) in [5.41, 5.74) is 6.08. The molecule has 0 spiro atoms. The van der Waals surface area contributed by atoms with Crippen LogP contribution in [0.1, 0.15) is 32.6 Å². The van der Waals surface area contributed by atoms with Gasteiger partial charge in [-0.15, -0.1) is 12.4 Å². The van der Waals surface area contributed by atoms with Crippen LogP contribution >= 0.6 is 24.0 Å². The first kappa shape index (κ1) is 18.1. The number of ether oxygens (including phenoxy) is 1. The lowest BCUT2D eigenvalue weighted by atomic mass is 9.85. The van der Waals surface area contributed by atoms with Crippen LogP contribution in [0.25, 0.3) is 0 Å². The minimum atomic E-state index is -0.412. The molecule has 1 aromatic rings. The molecule has 1 aromatic carbocycles. The molecule has 0 unspecified atom stereocenters. The Hall–Kier alpha value is -0.970. The van der Waals surface area contributed by atoms with Gasteiger partial charge in [0.1, 0.15) is 5.75 Å². The van der Waals surface area contributed by atoms with E-state index in [0.717, 1.165) is 25.7 Å². The molecular weight excluding hydrogens is 311 g/mol. The van der Waals surface area contributed by atoms with Gasteiger partial charge in [0.25, 0.3) is 0 Å². The molecule has 6 heteroatoms. The van der Waals surface area contributed by atoms with Crippen molar-refractivity contribution in [2.24, 2.45) is 11.1 Å². The lowest BCUT2D eigenvalue weighted by Crippen LogP contribution is -2.40. The van der Waals surface area contributed by atoms with Gasteiger partial charge in [0.05, 0.1) is 17.0 Å². The molecule has 0 bridgehead atoms. The maximum Gasteiger partial charge on any atom is 0.231 e. The van der Waals surface area contributed by atoms with Crippen molar-refractivity contribution in [2.45, 2.75) is 32.6 Å². The van der Waals surface area contributed by atoms with E-state index < -0.39 is 5.41 Å². The Morgan fingerprint density at radius 1 is 1.43 bits per heavy atom. The quantitative estimate of drug-likeness (QED) is 0.865. The van der Waals surface area contributed by atoms with Crippen LogP contribution in [0.4, 0.5) is 5.69 Å². The highest BCUT2D eigenvalue weighted by Crippen LogP contribution is 2.38. The maximum atomic E-state index is 12.4. The van der Waals surface area contributed by atoms with Crippen molar-refractivity contribution in [3.63, 3.8) is 0 Å². The Kier molecular flexibility index (Phi) is 6.78. The van der Waals surface area contributed by atoms with E-state index in [9.17, 15) is 4.79 Å². The number of benzene rings is 1. The number of anilines is 1. The summed E-state index contributed by atoms with van der Waals surface area (Å²) in [6.45, 7) is 2.85. The van der Waals surface area contributed by atoms with Crippen molar-refractivity contribution in [3.05, 3.63) is 23.2 Å². The van der Waals surface area contributed by atoms with E-state index in [1.165, 1.54) is 0 Å². The molecule has 21 heavy (non-hydrogen) atoms. The van der Waals surface area contributed by atoms with Crippen LogP contribution in [0.15, 0.2) is 18.2 Å². The summed E-state index contributed by atoms with van der Waals surface area (Å²) in [4.78, 5) is 12.4. The van der Waals surface area contributed by atoms with Gasteiger partial charge in [-0.3, -0.25) is 4.79 Å². The van der Waals surface area contributed by atoms with Crippen molar-refractivity contribution in [2.75, 3.05) is 18.5 Å². The SMILES string of the molecule is CCOc1ccc(NC(=O)C2(CN)CCCC2)cc1Cl.Cl.